The highest BCUT2D eigenvalue weighted by molar-refractivity contribution is 6.43. The van der Waals surface area contributed by atoms with Crippen LogP contribution in [0.5, 0.6) is 0 Å². The second kappa shape index (κ2) is 7.29. The summed E-state index contributed by atoms with van der Waals surface area (Å²) < 4.78 is 6.64. The van der Waals surface area contributed by atoms with Crippen LogP contribution in [0.3, 0.4) is 0 Å². The van der Waals surface area contributed by atoms with Gasteiger partial charge in [-0.2, -0.15) is 5.10 Å². The molecule has 7 heteroatoms. The number of benzene rings is 1. The zero-order chi connectivity index (χ0) is 14.5. The normalized spacial score (nSPS) is 11.0. The maximum Gasteiger partial charge on any atom is 0.0847 e. The fourth-order valence-electron chi connectivity index (χ4n) is 1.67. The molecule has 2 rings (SSSR count). The molecule has 0 fully saturated rings. The van der Waals surface area contributed by atoms with Crippen molar-refractivity contribution in [1.82, 2.24) is 15.1 Å². The molecule has 0 saturated carbocycles. The van der Waals surface area contributed by atoms with Gasteiger partial charge in [-0.1, -0.05) is 34.8 Å². The molecule has 1 N–H and O–H groups in total. The summed E-state index contributed by atoms with van der Waals surface area (Å²) in [7, 11) is 1.67. The van der Waals surface area contributed by atoms with Gasteiger partial charge in [0.1, 0.15) is 0 Å². The summed E-state index contributed by atoms with van der Waals surface area (Å²) in [4.78, 5) is 0. The van der Waals surface area contributed by atoms with Crippen LogP contribution < -0.4 is 5.32 Å². The number of nitrogens with zero attached hydrogens (tertiary/aromatic N) is 2. The van der Waals surface area contributed by atoms with Gasteiger partial charge in [0.2, 0.25) is 0 Å². The van der Waals surface area contributed by atoms with Crippen molar-refractivity contribution in [2.75, 3.05) is 20.3 Å². The summed E-state index contributed by atoms with van der Waals surface area (Å²) in [5.41, 5.74) is 1.60. The third-order valence-corrected chi connectivity index (χ3v) is 3.69. The van der Waals surface area contributed by atoms with Crippen LogP contribution in [0.15, 0.2) is 24.4 Å². The van der Waals surface area contributed by atoms with Crippen LogP contribution in [-0.4, -0.2) is 30.0 Å². The Morgan fingerprint density at radius 2 is 1.95 bits per heavy atom. The van der Waals surface area contributed by atoms with Crippen LogP contribution in [-0.2, 0) is 11.3 Å². The van der Waals surface area contributed by atoms with E-state index < -0.39 is 0 Å². The second-order valence-corrected chi connectivity index (χ2v) is 5.36. The first-order valence-corrected chi connectivity index (χ1v) is 7.14. The lowest BCUT2D eigenvalue weighted by Crippen LogP contribution is -2.18. The Hall–Kier alpha value is -0.780. The minimum absolute atomic E-state index is 0.425. The Kier molecular flexibility index (Phi) is 5.69. The third kappa shape index (κ3) is 3.87. The highest BCUT2D eigenvalue weighted by Gasteiger charge is 2.09. The van der Waals surface area contributed by atoms with Gasteiger partial charge in [-0.3, -0.25) is 0 Å². The largest absolute Gasteiger partial charge is 0.383 e. The molecular formula is C13H14Cl3N3O. The average molecular weight is 335 g/mol. The number of methoxy groups -OCH3 is 1. The maximum atomic E-state index is 6.15. The molecule has 1 aromatic carbocycles. The molecule has 2 aromatic rings. The first-order chi connectivity index (χ1) is 9.61. The minimum atomic E-state index is 0.425. The Morgan fingerprint density at radius 3 is 2.70 bits per heavy atom. The number of ether oxygens (including phenoxy) is 1. The van der Waals surface area contributed by atoms with E-state index in [1.54, 1.807) is 23.9 Å². The summed E-state index contributed by atoms with van der Waals surface area (Å²) in [6.45, 7) is 2.10. The average Bonchev–Trinajstić information content (AvgIpc) is 2.87. The standard InChI is InChI=1S/C13H14Cl3N3O/c1-20-5-3-17-8-9-2-4-19(18-9)13-7-11(15)10(14)6-12(13)16/h2,4,6-7,17H,3,5,8H2,1H3. The molecule has 0 aliphatic rings. The second-order valence-electron chi connectivity index (χ2n) is 4.14. The molecule has 0 atom stereocenters. The summed E-state index contributed by atoms with van der Waals surface area (Å²) in [6, 6.07) is 5.22. The van der Waals surface area contributed by atoms with Crippen LogP contribution in [0.25, 0.3) is 5.69 Å². The molecule has 0 aliphatic carbocycles. The van der Waals surface area contributed by atoms with Crippen LogP contribution in [0.2, 0.25) is 15.1 Å². The molecule has 0 saturated heterocycles. The Labute approximate surface area is 132 Å². The molecular weight excluding hydrogens is 321 g/mol. The third-order valence-electron chi connectivity index (χ3n) is 2.67. The van der Waals surface area contributed by atoms with E-state index in [0.717, 1.165) is 12.2 Å². The number of aromatic nitrogens is 2. The molecule has 0 radical (unpaired) electrons. The lowest BCUT2D eigenvalue weighted by Gasteiger charge is -2.06. The zero-order valence-electron chi connectivity index (χ0n) is 10.9. The van der Waals surface area contributed by atoms with Gasteiger partial charge in [-0.15, -0.1) is 0 Å². The molecule has 1 heterocycles. The lowest BCUT2D eigenvalue weighted by atomic mass is 10.3. The van der Waals surface area contributed by atoms with E-state index in [1.807, 2.05) is 12.3 Å². The minimum Gasteiger partial charge on any atom is -0.383 e. The van der Waals surface area contributed by atoms with E-state index in [4.69, 9.17) is 39.5 Å². The van der Waals surface area contributed by atoms with E-state index in [9.17, 15) is 0 Å². The van der Waals surface area contributed by atoms with E-state index in [2.05, 4.69) is 10.4 Å². The molecule has 0 bridgehead atoms. The maximum absolute atomic E-state index is 6.15. The molecule has 0 aliphatic heterocycles. The van der Waals surface area contributed by atoms with Crippen LogP contribution in [0.1, 0.15) is 5.69 Å². The summed E-state index contributed by atoms with van der Waals surface area (Å²) in [5.74, 6) is 0. The Balaban J connectivity index is 2.10. The molecule has 108 valence electrons. The summed E-state index contributed by atoms with van der Waals surface area (Å²) in [6.07, 6.45) is 1.83. The Bertz CT molecular complexity index is 586. The highest BCUT2D eigenvalue weighted by atomic mass is 35.5. The SMILES string of the molecule is COCCNCc1ccn(-c2cc(Cl)c(Cl)cc2Cl)n1. The smallest absolute Gasteiger partial charge is 0.0847 e. The highest BCUT2D eigenvalue weighted by Crippen LogP contribution is 2.30. The Morgan fingerprint density at radius 1 is 1.20 bits per heavy atom. The van der Waals surface area contributed by atoms with Crippen molar-refractivity contribution in [2.24, 2.45) is 0 Å². The van der Waals surface area contributed by atoms with Gasteiger partial charge >= 0.3 is 0 Å². The van der Waals surface area contributed by atoms with Gasteiger partial charge in [-0.25, -0.2) is 4.68 Å². The van der Waals surface area contributed by atoms with Gasteiger partial charge < -0.3 is 10.1 Å². The summed E-state index contributed by atoms with van der Waals surface area (Å²) >= 11 is 18.1. The monoisotopic (exact) mass is 333 g/mol. The number of nitrogens with one attached hydrogen (secondary N) is 1. The fourth-order valence-corrected chi connectivity index (χ4v) is 2.30. The van der Waals surface area contributed by atoms with E-state index in [0.29, 0.717) is 33.9 Å². The molecule has 0 unspecified atom stereocenters. The van der Waals surface area contributed by atoms with Crippen molar-refractivity contribution in [3.63, 3.8) is 0 Å². The van der Waals surface area contributed by atoms with E-state index in [1.165, 1.54) is 0 Å². The van der Waals surface area contributed by atoms with Crippen molar-refractivity contribution in [3.8, 4) is 5.69 Å². The number of hydrogen-bond donors (Lipinski definition) is 1. The first kappa shape index (κ1) is 15.6. The molecule has 4 nitrogen and oxygen atoms in total. The van der Waals surface area contributed by atoms with Gasteiger partial charge in [0, 0.05) is 26.4 Å². The van der Waals surface area contributed by atoms with Gasteiger partial charge in [0.05, 0.1) is 33.1 Å². The van der Waals surface area contributed by atoms with Crippen molar-refractivity contribution in [3.05, 3.63) is 45.2 Å². The van der Waals surface area contributed by atoms with Crippen LogP contribution in [0, 0.1) is 0 Å². The van der Waals surface area contributed by atoms with Crippen molar-refractivity contribution < 1.29 is 4.74 Å². The number of hydrogen-bond acceptors (Lipinski definition) is 3. The summed E-state index contributed by atoms with van der Waals surface area (Å²) in [5, 5.41) is 9.03. The first-order valence-electron chi connectivity index (χ1n) is 6.01. The lowest BCUT2D eigenvalue weighted by molar-refractivity contribution is 0.199. The van der Waals surface area contributed by atoms with Gasteiger partial charge in [-0.05, 0) is 18.2 Å². The fraction of sp³-hybridized carbons (Fsp3) is 0.308. The van der Waals surface area contributed by atoms with Crippen LogP contribution in [0.4, 0.5) is 0 Å². The van der Waals surface area contributed by atoms with Gasteiger partial charge in [0.25, 0.3) is 0 Å². The molecule has 0 amide bonds. The molecule has 1 aromatic heterocycles. The van der Waals surface area contributed by atoms with Crippen LogP contribution >= 0.6 is 34.8 Å². The van der Waals surface area contributed by atoms with E-state index in [-0.39, 0.29) is 0 Å². The molecule has 20 heavy (non-hydrogen) atoms. The van der Waals surface area contributed by atoms with Gasteiger partial charge in [0.15, 0.2) is 0 Å². The number of rotatable bonds is 6. The predicted octanol–water partition coefficient (Wildman–Crippen LogP) is 3.57. The molecule has 0 spiro atoms. The van der Waals surface area contributed by atoms with E-state index >= 15 is 0 Å². The van der Waals surface area contributed by atoms with Crippen molar-refractivity contribution in [2.45, 2.75) is 6.54 Å². The predicted molar refractivity (Wildman–Crippen MR) is 82.2 cm³/mol. The van der Waals surface area contributed by atoms with Crippen molar-refractivity contribution >= 4 is 34.8 Å². The topological polar surface area (TPSA) is 39.1 Å². The quantitative estimate of drug-likeness (QED) is 0.648. The zero-order valence-corrected chi connectivity index (χ0v) is 13.1. The van der Waals surface area contributed by atoms with Crippen molar-refractivity contribution in [1.29, 1.82) is 0 Å². The number of halogens is 3.